The third kappa shape index (κ3) is 5.91. The molecule has 190 valence electrons. The van der Waals surface area contributed by atoms with Gasteiger partial charge in [-0.3, -0.25) is 4.79 Å². The molecule has 10 heteroatoms. The van der Waals surface area contributed by atoms with Crippen molar-refractivity contribution in [3.05, 3.63) is 64.4 Å². The van der Waals surface area contributed by atoms with E-state index in [1.54, 1.807) is 29.2 Å². The summed E-state index contributed by atoms with van der Waals surface area (Å²) in [4.78, 5) is 31.2. The van der Waals surface area contributed by atoms with Crippen LogP contribution in [0.1, 0.15) is 34.5 Å². The fourth-order valence-electron chi connectivity index (χ4n) is 3.97. The predicted molar refractivity (Wildman–Crippen MR) is 133 cm³/mol. The lowest BCUT2D eigenvalue weighted by Gasteiger charge is -2.31. The minimum Gasteiger partial charge on any atom is -0.488 e. The summed E-state index contributed by atoms with van der Waals surface area (Å²) in [5.41, 5.74) is 1.57. The Morgan fingerprint density at radius 3 is 2.47 bits per heavy atom. The van der Waals surface area contributed by atoms with Gasteiger partial charge < -0.3 is 28.8 Å². The summed E-state index contributed by atoms with van der Waals surface area (Å²) in [6, 6.07) is 12.5. The van der Waals surface area contributed by atoms with Crippen molar-refractivity contribution in [1.82, 2.24) is 15.2 Å². The van der Waals surface area contributed by atoms with Crippen molar-refractivity contribution in [1.29, 1.82) is 0 Å². The molecule has 36 heavy (non-hydrogen) atoms. The standard InChI is InChI=1S/C26H28ClN3O6/c1-16-4-9-21(35-16)23-22(36-19-10-12-30(13-11-19)26(32)34-3)14-20(25(29-23)33-2)24(31)28-15-17-5-7-18(27)8-6-17/h4-9,14,19H,10-13,15H2,1-3H3,(H,28,31). The quantitative estimate of drug-likeness (QED) is 0.481. The monoisotopic (exact) mass is 513 g/mol. The van der Waals surface area contributed by atoms with Gasteiger partial charge in [-0.15, -0.1) is 0 Å². The molecule has 1 N–H and O–H groups in total. The van der Waals surface area contributed by atoms with Crippen LogP contribution in [0.2, 0.25) is 5.02 Å². The second-order valence-corrected chi connectivity index (χ2v) is 8.82. The van der Waals surface area contributed by atoms with E-state index in [9.17, 15) is 9.59 Å². The molecule has 0 spiro atoms. The molecule has 1 fully saturated rings. The van der Waals surface area contributed by atoms with Gasteiger partial charge in [0.15, 0.2) is 11.5 Å². The molecule has 1 aliphatic heterocycles. The molecule has 3 aromatic rings. The average Bonchev–Trinajstić information content (AvgIpc) is 3.33. The van der Waals surface area contributed by atoms with Crippen LogP contribution in [0.25, 0.3) is 11.5 Å². The summed E-state index contributed by atoms with van der Waals surface area (Å²) in [5.74, 6) is 1.41. The number of carbonyl (C=O) groups excluding carboxylic acids is 2. The van der Waals surface area contributed by atoms with Gasteiger partial charge in [0.1, 0.15) is 23.2 Å². The summed E-state index contributed by atoms with van der Waals surface area (Å²) >= 11 is 5.95. The van der Waals surface area contributed by atoms with Crippen LogP contribution >= 0.6 is 11.6 Å². The van der Waals surface area contributed by atoms with Crippen molar-refractivity contribution in [2.45, 2.75) is 32.4 Å². The molecule has 0 saturated carbocycles. The minimum atomic E-state index is -0.359. The molecule has 0 atom stereocenters. The Balaban J connectivity index is 1.59. The number of likely N-dealkylation sites (tertiary alicyclic amines) is 1. The van der Waals surface area contributed by atoms with E-state index in [1.165, 1.54) is 14.2 Å². The van der Waals surface area contributed by atoms with Crippen molar-refractivity contribution in [2.75, 3.05) is 27.3 Å². The van der Waals surface area contributed by atoms with Crippen LogP contribution < -0.4 is 14.8 Å². The molecule has 0 bridgehead atoms. The number of piperidine rings is 1. The molecule has 3 heterocycles. The van der Waals surface area contributed by atoms with Crippen molar-refractivity contribution in [3.63, 3.8) is 0 Å². The summed E-state index contributed by atoms with van der Waals surface area (Å²) in [5, 5.41) is 3.51. The third-order valence-electron chi connectivity index (χ3n) is 5.90. The Kier molecular flexibility index (Phi) is 8.00. The van der Waals surface area contributed by atoms with Crippen LogP contribution in [0.15, 0.2) is 46.9 Å². The highest BCUT2D eigenvalue weighted by atomic mass is 35.5. The topological polar surface area (TPSA) is 103 Å². The maximum Gasteiger partial charge on any atom is 0.409 e. The Hall–Kier alpha value is -3.72. The normalized spacial score (nSPS) is 13.8. The van der Waals surface area contributed by atoms with Crippen LogP contribution in [0.4, 0.5) is 4.79 Å². The third-order valence-corrected chi connectivity index (χ3v) is 6.15. The first-order chi connectivity index (χ1) is 17.4. The predicted octanol–water partition coefficient (Wildman–Crippen LogP) is 4.85. The lowest BCUT2D eigenvalue weighted by Crippen LogP contribution is -2.41. The number of hydrogen-bond donors (Lipinski definition) is 1. The van der Waals surface area contributed by atoms with E-state index in [0.717, 1.165) is 5.56 Å². The summed E-state index contributed by atoms with van der Waals surface area (Å²) in [7, 11) is 2.82. The lowest BCUT2D eigenvalue weighted by atomic mass is 10.1. The number of furan rings is 1. The molecular formula is C26H28ClN3O6. The Bertz CT molecular complexity index is 1220. The van der Waals surface area contributed by atoms with E-state index in [4.69, 9.17) is 30.2 Å². The number of rotatable bonds is 7. The average molecular weight is 514 g/mol. The number of halogens is 1. The first-order valence-electron chi connectivity index (χ1n) is 11.6. The van der Waals surface area contributed by atoms with Crippen molar-refractivity contribution in [2.24, 2.45) is 0 Å². The molecular weight excluding hydrogens is 486 g/mol. The van der Waals surface area contributed by atoms with Crippen molar-refractivity contribution in [3.8, 4) is 23.1 Å². The van der Waals surface area contributed by atoms with Gasteiger partial charge in [-0.2, -0.15) is 0 Å². The number of benzene rings is 1. The fraction of sp³-hybridized carbons (Fsp3) is 0.346. The van der Waals surface area contributed by atoms with Crippen molar-refractivity contribution >= 4 is 23.6 Å². The Morgan fingerprint density at radius 1 is 1.14 bits per heavy atom. The Labute approximate surface area is 214 Å². The lowest BCUT2D eigenvalue weighted by molar-refractivity contribution is 0.0787. The molecule has 0 radical (unpaired) electrons. The van der Waals surface area contributed by atoms with Crippen LogP contribution in [0.3, 0.4) is 0 Å². The Morgan fingerprint density at radius 2 is 1.86 bits per heavy atom. The number of ether oxygens (including phenoxy) is 3. The summed E-state index contributed by atoms with van der Waals surface area (Å²) in [6.07, 6.45) is 0.679. The molecule has 0 aliphatic carbocycles. The number of aromatic nitrogens is 1. The number of pyridine rings is 1. The smallest absolute Gasteiger partial charge is 0.409 e. The molecule has 1 saturated heterocycles. The maximum atomic E-state index is 13.1. The van der Waals surface area contributed by atoms with Gasteiger partial charge in [-0.1, -0.05) is 23.7 Å². The number of hydrogen-bond acceptors (Lipinski definition) is 7. The molecule has 4 rings (SSSR count). The van der Waals surface area contributed by atoms with Crippen LogP contribution in [0, 0.1) is 6.92 Å². The zero-order valence-corrected chi connectivity index (χ0v) is 21.1. The van der Waals surface area contributed by atoms with Crippen LogP contribution in [-0.2, 0) is 11.3 Å². The minimum absolute atomic E-state index is 0.153. The van der Waals surface area contributed by atoms with E-state index in [1.807, 2.05) is 25.1 Å². The van der Waals surface area contributed by atoms with E-state index in [0.29, 0.717) is 60.5 Å². The van der Waals surface area contributed by atoms with Crippen LogP contribution in [0.5, 0.6) is 11.6 Å². The largest absolute Gasteiger partial charge is 0.488 e. The second kappa shape index (κ2) is 11.3. The number of methoxy groups -OCH3 is 2. The number of aryl methyl sites for hydroxylation is 1. The van der Waals surface area contributed by atoms with E-state index < -0.39 is 0 Å². The highest BCUT2D eigenvalue weighted by molar-refractivity contribution is 6.30. The molecule has 2 amide bonds. The summed E-state index contributed by atoms with van der Waals surface area (Å²) < 4.78 is 22.4. The number of carbonyl (C=O) groups is 2. The first-order valence-corrected chi connectivity index (χ1v) is 11.9. The highest BCUT2D eigenvalue weighted by Gasteiger charge is 2.27. The maximum absolute atomic E-state index is 13.1. The van der Waals surface area contributed by atoms with Crippen LogP contribution in [-0.4, -0.2) is 55.3 Å². The first kappa shape index (κ1) is 25.4. The van der Waals surface area contributed by atoms with Gasteiger partial charge in [0.05, 0.1) is 14.2 Å². The van der Waals surface area contributed by atoms with Gasteiger partial charge in [-0.05, 0) is 36.8 Å². The van der Waals surface area contributed by atoms with Gasteiger partial charge in [0.25, 0.3) is 5.91 Å². The van der Waals surface area contributed by atoms with Gasteiger partial charge in [0.2, 0.25) is 5.88 Å². The molecule has 1 aliphatic rings. The number of nitrogens with zero attached hydrogens (tertiary/aromatic N) is 2. The van der Waals surface area contributed by atoms with Gasteiger partial charge in [0, 0.05) is 43.6 Å². The molecule has 1 aromatic carbocycles. The SMILES string of the molecule is COC(=O)N1CCC(Oc2cc(C(=O)NCc3ccc(Cl)cc3)c(OC)nc2-c2ccc(C)o2)CC1. The highest BCUT2D eigenvalue weighted by Crippen LogP contribution is 2.35. The fourth-order valence-corrected chi connectivity index (χ4v) is 4.10. The van der Waals surface area contributed by atoms with Gasteiger partial charge in [-0.25, -0.2) is 9.78 Å². The zero-order chi connectivity index (χ0) is 25.7. The van der Waals surface area contributed by atoms with Gasteiger partial charge >= 0.3 is 6.09 Å². The molecule has 0 unspecified atom stereocenters. The van der Waals surface area contributed by atoms with Crippen molar-refractivity contribution < 1.29 is 28.2 Å². The number of nitrogens with one attached hydrogen (secondary N) is 1. The van der Waals surface area contributed by atoms with E-state index >= 15 is 0 Å². The van der Waals surface area contributed by atoms with E-state index in [2.05, 4.69) is 10.3 Å². The summed E-state index contributed by atoms with van der Waals surface area (Å²) in [6.45, 7) is 3.15. The molecule has 2 aromatic heterocycles. The molecule has 9 nitrogen and oxygen atoms in total. The zero-order valence-electron chi connectivity index (χ0n) is 20.4. The number of amides is 2. The van der Waals surface area contributed by atoms with E-state index in [-0.39, 0.29) is 29.5 Å². The second-order valence-electron chi connectivity index (χ2n) is 8.39.